The molecule has 3 fully saturated rings. The Morgan fingerprint density at radius 1 is 1.12 bits per heavy atom. The molecular weight excluding hydrogens is 507 g/mol. The van der Waals surface area contributed by atoms with Crippen molar-refractivity contribution in [1.29, 1.82) is 5.41 Å². The third kappa shape index (κ3) is 4.87. The number of benzene rings is 2. The van der Waals surface area contributed by atoms with Crippen molar-refractivity contribution in [1.82, 2.24) is 15.3 Å². The maximum absolute atomic E-state index is 14.2. The van der Waals surface area contributed by atoms with Crippen molar-refractivity contribution < 1.29 is 14.2 Å². The van der Waals surface area contributed by atoms with Crippen molar-refractivity contribution in [2.45, 2.75) is 43.9 Å². The molecule has 0 amide bonds. The second-order valence-corrected chi connectivity index (χ2v) is 11.1. The molecule has 0 radical (unpaired) electrons. The van der Waals surface area contributed by atoms with Crippen molar-refractivity contribution in [3.05, 3.63) is 82.9 Å². The highest BCUT2D eigenvalue weighted by Crippen LogP contribution is 2.63. The van der Waals surface area contributed by atoms with E-state index in [0.29, 0.717) is 41.5 Å². The highest BCUT2D eigenvalue weighted by molar-refractivity contribution is 6.12. The van der Waals surface area contributed by atoms with Crippen LogP contribution >= 0.6 is 0 Å². The van der Waals surface area contributed by atoms with Crippen molar-refractivity contribution in [2.75, 3.05) is 43.5 Å². The molecule has 1 aromatic heterocycles. The van der Waals surface area contributed by atoms with Gasteiger partial charge in [-0.3, -0.25) is 5.41 Å². The lowest BCUT2D eigenvalue weighted by Crippen LogP contribution is -2.35. The molecule has 4 atom stereocenters. The van der Waals surface area contributed by atoms with E-state index >= 15 is 0 Å². The molecule has 2 aromatic carbocycles. The van der Waals surface area contributed by atoms with Gasteiger partial charge in [0.15, 0.2) is 11.6 Å². The predicted octanol–water partition coefficient (Wildman–Crippen LogP) is 4.08. The first kappa shape index (κ1) is 26.8. The summed E-state index contributed by atoms with van der Waals surface area (Å²) in [5, 5.41) is 26.1. The van der Waals surface area contributed by atoms with E-state index in [1.54, 1.807) is 12.1 Å². The maximum atomic E-state index is 14.2. The summed E-state index contributed by atoms with van der Waals surface area (Å²) in [5.41, 5.74) is 2.73. The normalized spacial score (nSPS) is 25.8. The standard InChI is InChI=1S/C31H37FN6O2/c1-34-19-31(21-10-7-11-22(32)16-21)23-13-14-38(17-24(23)31)30-25(18-39)35-28(27(33)20-8-3-2-4-9-20)29(37-30)36-26-12-5-6-15-40-26/h2-4,7-11,16,23-24,26,33-34,39H,5-6,12-15,17-19H2,1H3,(H,36,37). The molecule has 3 aliphatic rings. The van der Waals surface area contributed by atoms with Gasteiger partial charge in [0.2, 0.25) is 0 Å². The van der Waals surface area contributed by atoms with E-state index in [9.17, 15) is 9.50 Å². The number of hydrogen-bond acceptors (Lipinski definition) is 8. The third-order valence-electron chi connectivity index (χ3n) is 8.83. The van der Waals surface area contributed by atoms with Gasteiger partial charge >= 0.3 is 0 Å². The monoisotopic (exact) mass is 544 g/mol. The molecule has 1 aliphatic carbocycles. The molecule has 3 aromatic rings. The van der Waals surface area contributed by atoms with Gasteiger partial charge in [-0.25, -0.2) is 14.4 Å². The predicted molar refractivity (Wildman–Crippen MR) is 153 cm³/mol. The molecule has 210 valence electrons. The van der Waals surface area contributed by atoms with E-state index in [0.717, 1.165) is 56.4 Å². The lowest BCUT2D eigenvalue weighted by atomic mass is 9.91. The summed E-state index contributed by atoms with van der Waals surface area (Å²) in [6.45, 7) is 2.67. The Bertz CT molecular complexity index is 1370. The highest BCUT2D eigenvalue weighted by atomic mass is 19.1. The zero-order chi connectivity index (χ0) is 27.7. The minimum absolute atomic E-state index is 0.134. The number of nitrogens with one attached hydrogen (secondary N) is 3. The number of likely N-dealkylation sites (N-methyl/N-ethyl adjacent to an activating group) is 1. The average molecular weight is 545 g/mol. The third-order valence-corrected chi connectivity index (χ3v) is 8.83. The molecule has 40 heavy (non-hydrogen) atoms. The number of piperidine rings is 1. The Hall–Kier alpha value is -3.40. The summed E-state index contributed by atoms with van der Waals surface area (Å²) in [5.74, 6) is 1.69. The van der Waals surface area contributed by atoms with Crippen LogP contribution < -0.4 is 15.5 Å². The smallest absolute Gasteiger partial charge is 0.158 e. The van der Waals surface area contributed by atoms with Gasteiger partial charge < -0.3 is 25.4 Å². The van der Waals surface area contributed by atoms with Gasteiger partial charge in [-0.05, 0) is 62.3 Å². The number of rotatable bonds is 9. The number of aromatic nitrogens is 2. The van der Waals surface area contributed by atoms with Crippen LogP contribution in [0.2, 0.25) is 0 Å². The zero-order valence-electron chi connectivity index (χ0n) is 22.9. The van der Waals surface area contributed by atoms with Crippen molar-refractivity contribution in [3.8, 4) is 0 Å². The number of ether oxygens (including phenoxy) is 1. The minimum atomic E-state index is -0.284. The van der Waals surface area contributed by atoms with Crippen LogP contribution in [0.25, 0.3) is 0 Å². The van der Waals surface area contributed by atoms with E-state index in [2.05, 4.69) is 15.5 Å². The van der Waals surface area contributed by atoms with Crippen LogP contribution in [0.3, 0.4) is 0 Å². The molecule has 6 rings (SSSR count). The van der Waals surface area contributed by atoms with Crippen molar-refractivity contribution in [2.24, 2.45) is 11.8 Å². The lowest BCUT2D eigenvalue weighted by molar-refractivity contribution is 0.0340. The molecule has 2 saturated heterocycles. The van der Waals surface area contributed by atoms with Crippen LogP contribution in [0, 0.1) is 23.1 Å². The number of aliphatic hydroxyl groups is 1. The molecule has 0 bridgehead atoms. The van der Waals surface area contributed by atoms with E-state index in [-0.39, 0.29) is 29.8 Å². The van der Waals surface area contributed by atoms with E-state index in [1.165, 1.54) is 6.07 Å². The Labute approximate surface area is 234 Å². The van der Waals surface area contributed by atoms with Gasteiger partial charge in [0.05, 0.1) is 12.3 Å². The summed E-state index contributed by atoms with van der Waals surface area (Å²) in [6.07, 6.45) is 3.67. The molecule has 9 heteroatoms. The number of halogens is 1. The SMILES string of the molecule is CNCC1(c2cccc(F)c2)C2CCN(c3nc(NC4CCCCO4)c(C(=N)c4ccccc4)nc3CO)CC21. The Morgan fingerprint density at radius 2 is 1.98 bits per heavy atom. The van der Waals surface area contributed by atoms with Crippen LogP contribution in [-0.4, -0.2) is 60.3 Å². The van der Waals surface area contributed by atoms with Gasteiger partial charge in [-0.1, -0.05) is 42.5 Å². The second kappa shape index (κ2) is 11.2. The fourth-order valence-corrected chi connectivity index (χ4v) is 6.88. The fourth-order valence-electron chi connectivity index (χ4n) is 6.88. The van der Waals surface area contributed by atoms with E-state index in [4.69, 9.17) is 20.1 Å². The van der Waals surface area contributed by atoms with Gasteiger partial charge in [0.25, 0.3) is 0 Å². The van der Waals surface area contributed by atoms with Gasteiger partial charge in [0, 0.05) is 37.2 Å². The zero-order valence-corrected chi connectivity index (χ0v) is 22.9. The van der Waals surface area contributed by atoms with Crippen LogP contribution in [0.4, 0.5) is 16.0 Å². The van der Waals surface area contributed by atoms with Crippen LogP contribution in [-0.2, 0) is 16.8 Å². The summed E-state index contributed by atoms with van der Waals surface area (Å²) >= 11 is 0. The highest BCUT2D eigenvalue weighted by Gasteiger charge is 2.66. The molecule has 2 aliphatic heterocycles. The van der Waals surface area contributed by atoms with E-state index in [1.807, 2.05) is 43.4 Å². The number of anilines is 2. The Kier molecular flexibility index (Phi) is 7.53. The summed E-state index contributed by atoms with van der Waals surface area (Å²) < 4.78 is 20.2. The lowest BCUT2D eigenvalue weighted by Gasteiger charge is -2.30. The van der Waals surface area contributed by atoms with Gasteiger partial charge in [-0.2, -0.15) is 0 Å². The fraction of sp³-hybridized carbons (Fsp3) is 0.452. The Morgan fingerprint density at radius 3 is 2.70 bits per heavy atom. The first-order chi connectivity index (χ1) is 19.5. The molecule has 8 nitrogen and oxygen atoms in total. The van der Waals surface area contributed by atoms with Crippen LogP contribution in [0.5, 0.6) is 0 Å². The van der Waals surface area contributed by atoms with Crippen LogP contribution in [0.15, 0.2) is 54.6 Å². The van der Waals surface area contributed by atoms with E-state index < -0.39 is 0 Å². The summed E-state index contributed by atoms with van der Waals surface area (Å²) in [4.78, 5) is 12.1. The molecule has 1 saturated carbocycles. The second-order valence-electron chi connectivity index (χ2n) is 11.1. The number of fused-ring (bicyclic) bond motifs is 1. The quantitative estimate of drug-likeness (QED) is 0.301. The number of aliphatic hydroxyl groups excluding tert-OH is 1. The van der Waals surface area contributed by atoms with Gasteiger partial charge in [-0.15, -0.1) is 0 Å². The minimum Gasteiger partial charge on any atom is -0.390 e. The topological polar surface area (TPSA) is 106 Å². The van der Waals surface area contributed by atoms with Crippen molar-refractivity contribution >= 4 is 17.3 Å². The van der Waals surface area contributed by atoms with Crippen LogP contribution in [0.1, 0.15) is 48.2 Å². The summed E-state index contributed by atoms with van der Waals surface area (Å²) in [7, 11) is 1.95. The average Bonchev–Trinajstić information content (AvgIpc) is 3.64. The molecular formula is C31H37FN6O2. The number of nitrogens with zero attached hydrogens (tertiary/aromatic N) is 3. The molecule has 0 spiro atoms. The molecule has 3 heterocycles. The maximum Gasteiger partial charge on any atom is 0.158 e. The van der Waals surface area contributed by atoms with Crippen molar-refractivity contribution in [3.63, 3.8) is 0 Å². The molecule has 4 unspecified atom stereocenters. The number of hydrogen-bond donors (Lipinski definition) is 4. The Balaban J connectivity index is 1.34. The first-order valence-corrected chi connectivity index (χ1v) is 14.2. The summed E-state index contributed by atoms with van der Waals surface area (Å²) in [6, 6.07) is 16.5. The largest absolute Gasteiger partial charge is 0.390 e. The molecule has 4 N–H and O–H groups in total. The first-order valence-electron chi connectivity index (χ1n) is 14.2. The van der Waals surface area contributed by atoms with Gasteiger partial charge in [0.1, 0.15) is 23.4 Å².